The lowest BCUT2D eigenvalue weighted by atomic mass is 9.89. The molecule has 1 N–H and O–H groups in total. The summed E-state index contributed by atoms with van der Waals surface area (Å²) in [5.74, 6) is 1.35. The van der Waals surface area contributed by atoms with E-state index in [1.54, 1.807) is 28.5 Å². The number of hydrogen-bond acceptors (Lipinski definition) is 5. The van der Waals surface area contributed by atoms with Crippen LogP contribution in [0.2, 0.25) is 0 Å². The Morgan fingerprint density at radius 1 is 1.17 bits per heavy atom. The molecule has 30 heavy (non-hydrogen) atoms. The SMILES string of the molecule is O=C(NCCc1nnc(SC[C@@H]2CCCO2)n1-c1ccccc1F)C1CCCCC1. The van der Waals surface area contributed by atoms with Gasteiger partial charge in [0.1, 0.15) is 11.6 Å². The van der Waals surface area contributed by atoms with E-state index in [2.05, 4.69) is 15.5 Å². The van der Waals surface area contributed by atoms with Gasteiger partial charge in [-0.3, -0.25) is 9.36 Å². The third-order valence-corrected chi connectivity index (χ3v) is 6.90. The first-order valence-electron chi connectivity index (χ1n) is 10.9. The number of aromatic nitrogens is 3. The van der Waals surface area contributed by atoms with Crippen molar-refractivity contribution in [1.29, 1.82) is 0 Å². The van der Waals surface area contributed by atoms with Gasteiger partial charge in [0.15, 0.2) is 5.16 Å². The molecule has 6 nitrogen and oxygen atoms in total. The van der Waals surface area contributed by atoms with Gasteiger partial charge in [-0.1, -0.05) is 43.2 Å². The van der Waals surface area contributed by atoms with Crippen LogP contribution in [0.4, 0.5) is 4.39 Å². The summed E-state index contributed by atoms with van der Waals surface area (Å²) in [5, 5.41) is 12.3. The number of nitrogens with zero attached hydrogens (tertiary/aromatic N) is 3. The zero-order valence-electron chi connectivity index (χ0n) is 17.2. The van der Waals surface area contributed by atoms with Crippen LogP contribution in [0, 0.1) is 11.7 Å². The maximum atomic E-state index is 14.6. The summed E-state index contributed by atoms with van der Waals surface area (Å²) in [5.41, 5.74) is 0.436. The van der Waals surface area contributed by atoms with E-state index in [1.807, 2.05) is 6.07 Å². The van der Waals surface area contributed by atoms with Gasteiger partial charge >= 0.3 is 0 Å². The summed E-state index contributed by atoms with van der Waals surface area (Å²) >= 11 is 1.54. The first-order valence-corrected chi connectivity index (χ1v) is 11.9. The number of carbonyl (C=O) groups excluding carboxylic acids is 1. The third-order valence-electron chi connectivity index (χ3n) is 5.84. The van der Waals surface area contributed by atoms with Gasteiger partial charge < -0.3 is 10.1 Å². The van der Waals surface area contributed by atoms with Crippen LogP contribution < -0.4 is 5.32 Å². The minimum atomic E-state index is -0.316. The van der Waals surface area contributed by atoms with Gasteiger partial charge in [0.05, 0.1) is 11.8 Å². The number of para-hydroxylation sites is 1. The highest BCUT2D eigenvalue weighted by molar-refractivity contribution is 7.99. The summed E-state index contributed by atoms with van der Waals surface area (Å²) in [6, 6.07) is 6.66. The molecule has 0 bridgehead atoms. The zero-order chi connectivity index (χ0) is 20.8. The monoisotopic (exact) mass is 432 g/mol. The maximum Gasteiger partial charge on any atom is 0.223 e. The molecule has 1 aromatic heterocycles. The fraction of sp³-hybridized carbons (Fsp3) is 0.591. The first-order chi connectivity index (χ1) is 14.7. The fourth-order valence-corrected chi connectivity index (χ4v) is 5.21. The van der Waals surface area contributed by atoms with Crippen LogP contribution in [0.3, 0.4) is 0 Å². The number of amides is 1. The Morgan fingerprint density at radius 2 is 2.00 bits per heavy atom. The molecule has 2 aromatic rings. The van der Waals surface area contributed by atoms with Crippen molar-refractivity contribution in [2.45, 2.75) is 62.6 Å². The molecule has 4 rings (SSSR count). The molecule has 2 heterocycles. The molecule has 1 saturated heterocycles. The molecule has 162 valence electrons. The van der Waals surface area contributed by atoms with Gasteiger partial charge in [-0.2, -0.15) is 0 Å². The minimum absolute atomic E-state index is 0.125. The number of halogens is 1. The highest BCUT2D eigenvalue weighted by Crippen LogP contribution is 2.27. The highest BCUT2D eigenvalue weighted by Gasteiger charge is 2.23. The maximum absolute atomic E-state index is 14.6. The van der Waals surface area contributed by atoms with Gasteiger partial charge in [0.25, 0.3) is 0 Å². The highest BCUT2D eigenvalue weighted by atomic mass is 32.2. The van der Waals surface area contributed by atoms with Gasteiger partial charge in [-0.05, 0) is 37.8 Å². The van der Waals surface area contributed by atoms with Gasteiger partial charge in [0, 0.05) is 31.2 Å². The van der Waals surface area contributed by atoms with Crippen molar-refractivity contribution in [1.82, 2.24) is 20.1 Å². The Kier molecular flexibility index (Phi) is 7.38. The molecule has 1 aliphatic heterocycles. The minimum Gasteiger partial charge on any atom is -0.377 e. The van der Waals surface area contributed by atoms with Crippen molar-refractivity contribution < 1.29 is 13.9 Å². The Hall–Kier alpha value is -1.93. The lowest BCUT2D eigenvalue weighted by Gasteiger charge is -2.20. The summed E-state index contributed by atoms with van der Waals surface area (Å²) in [4.78, 5) is 12.4. The summed E-state index contributed by atoms with van der Waals surface area (Å²) in [7, 11) is 0. The number of ether oxygens (including phenoxy) is 1. The Morgan fingerprint density at radius 3 is 2.77 bits per heavy atom. The van der Waals surface area contributed by atoms with Crippen molar-refractivity contribution >= 4 is 17.7 Å². The van der Waals surface area contributed by atoms with Gasteiger partial charge in [-0.15, -0.1) is 10.2 Å². The lowest BCUT2D eigenvalue weighted by molar-refractivity contribution is -0.125. The predicted molar refractivity (Wildman–Crippen MR) is 114 cm³/mol. The number of carbonyl (C=O) groups is 1. The molecule has 1 amide bonds. The third kappa shape index (κ3) is 5.21. The normalized spacial score (nSPS) is 19.8. The van der Waals surface area contributed by atoms with Crippen LogP contribution >= 0.6 is 11.8 Å². The molecule has 2 fully saturated rings. The van der Waals surface area contributed by atoms with E-state index < -0.39 is 0 Å². The smallest absolute Gasteiger partial charge is 0.223 e. The average molecular weight is 433 g/mol. The largest absolute Gasteiger partial charge is 0.377 e. The van der Waals surface area contributed by atoms with Crippen LogP contribution in [0.25, 0.3) is 5.69 Å². The van der Waals surface area contributed by atoms with Crippen molar-refractivity contribution in [3.8, 4) is 5.69 Å². The second kappa shape index (κ2) is 10.4. The standard InChI is InChI=1S/C22H29FN4O2S/c23-18-10-4-5-11-19(18)27-20(12-13-24-21(28)16-7-2-1-3-8-16)25-26-22(27)30-15-17-9-6-14-29-17/h4-5,10-11,16-17H,1-3,6-9,12-15H2,(H,24,28)/t17-/m0/s1. The van der Waals surface area contributed by atoms with Crippen LogP contribution in [0.15, 0.2) is 29.4 Å². The molecule has 0 unspecified atom stereocenters. The van der Waals surface area contributed by atoms with E-state index in [9.17, 15) is 9.18 Å². The fourth-order valence-electron chi connectivity index (χ4n) is 4.18. The Balaban J connectivity index is 1.44. The number of thioether (sulfide) groups is 1. The number of nitrogens with one attached hydrogen (secondary N) is 1. The van der Waals surface area contributed by atoms with Crippen LogP contribution in [-0.2, 0) is 16.0 Å². The molecule has 8 heteroatoms. The van der Waals surface area contributed by atoms with Crippen LogP contribution in [-0.4, -0.2) is 45.7 Å². The van der Waals surface area contributed by atoms with Crippen LogP contribution in [0.1, 0.15) is 50.8 Å². The van der Waals surface area contributed by atoms with Crippen molar-refractivity contribution in [3.63, 3.8) is 0 Å². The molecule has 0 radical (unpaired) electrons. The second-order valence-corrected chi connectivity index (χ2v) is 8.99. The van der Waals surface area contributed by atoms with E-state index in [0.717, 1.165) is 50.9 Å². The Bertz CT molecular complexity index is 847. The average Bonchev–Trinajstić information content (AvgIpc) is 3.43. The number of rotatable bonds is 8. The van der Waals surface area contributed by atoms with E-state index in [0.29, 0.717) is 29.6 Å². The number of benzene rings is 1. The van der Waals surface area contributed by atoms with Crippen molar-refractivity contribution in [3.05, 3.63) is 35.9 Å². The van der Waals surface area contributed by atoms with Gasteiger partial charge in [-0.25, -0.2) is 4.39 Å². The molecule has 1 aromatic carbocycles. The molecule has 1 atom stereocenters. The topological polar surface area (TPSA) is 69.0 Å². The summed E-state index contributed by atoms with van der Waals surface area (Å²) in [6.07, 6.45) is 8.26. The van der Waals surface area contributed by atoms with E-state index >= 15 is 0 Å². The second-order valence-electron chi connectivity index (χ2n) is 8.01. The lowest BCUT2D eigenvalue weighted by Crippen LogP contribution is -2.33. The summed E-state index contributed by atoms with van der Waals surface area (Å²) in [6.45, 7) is 1.27. The molecule has 1 saturated carbocycles. The van der Waals surface area contributed by atoms with Crippen molar-refractivity contribution in [2.24, 2.45) is 5.92 Å². The van der Waals surface area contributed by atoms with Crippen LogP contribution in [0.5, 0.6) is 0 Å². The number of hydrogen-bond donors (Lipinski definition) is 1. The predicted octanol–water partition coefficient (Wildman–Crippen LogP) is 3.92. The molecule has 0 spiro atoms. The van der Waals surface area contributed by atoms with Crippen molar-refractivity contribution in [2.75, 3.05) is 18.9 Å². The first kappa shape index (κ1) is 21.3. The van der Waals surface area contributed by atoms with Gasteiger partial charge in [0.2, 0.25) is 5.91 Å². The quantitative estimate of drug-likeness (QED) is 0.641. The van der Waals surface area contributed by atoms with E-state index in [4.69, 9.17) is 4.74 Å². The molecule has 2 aliphatic rings. The Labute approximate surface area is 181 Å². The van der Waals surface area contributed by atoms with E-state index in [-0.39, 0.29) is 23.7 Å². The van der Waals surface area contributed by atoms with E-state index in [1.165, 1.54) is 12.5 Å². The molecular formula is C22H29FN4O2S. The summed E-state index contributed by atoms with van der Waals surface area (Å²) < 4.78 is 22.0. The zero-order valence-corrected chi connectivity index (χ0v) is 18.0. The molecule has 1 aliphatic carbocycles. The molecular weight excluding hydrogens is 403 g/mol.